The first-order valence-electron chi connectivity index (χ1n) is 25.5. The number of furan rings is 1. The van der Waals surface area contributed by atoms with Gasteiger partial charge in [0.15, 0.2) is 11.6 Å². The molecule has 74 heavy (non-hydrogen) atoms. The van der Waals surface area contributed by atoms with Gasteiger partial charge in [-0.15, -0.1) is 0 Å². The minimum Gasteiger partial charge on any atom is -0.455 e. The first-order chi connectivity index (χ1) is 36.6. The Balaban J connectivity index is 0.000000886. The molecule has 3 heterocycles. The molecule has 5 nitrogen and oxygen atoms in total. The van der Waals surface area contributed by atoms with Gasteiger partial charge in [-0.2, -0.15) is 9.97 Å². The van der Waals surface area contributed by atoms with Gasteiger partial charge in [-0.1, -0.05) is 250 Å². The molecule has 0 amide bonds. The lowest BCUT2D eigenvalue weighted by Gasteiger charge is -2.15. The third kappa shape index (κ3) is 7.87. The minimum atomic E-state index is 0.528. The van der Waals surface area contributed by atoms with Crippen LogP contribution in [0.15, 0.2) is 247 Å². The molecule has 354 valence electrons. The number of hydrogen-bond acceptors (Lipinski definition) is 4. The fraction of sp³-hybridized carbons (Fsp3) is 0.0580. The molecule has 0 saturated carbocycles. The molecule has 14 rings (SSSR count). The second kappa shape index (κ2) is 19.6. The van der Waals surface area contributed by atoms with Crippen molar-refractivity contribution in [2.75, 3.05) is 0 Å². The molecule has 0 unspecified atom stereocenters. The molecule has 5 heteroatoms. The van der Waals surface area contributed by atoms with Crippen LogP contribution in [-0.4, -0.2) is 19.5 Å². The van der Waals surface area contributed by atoms with Crippen LogP contribution in [0.4, 0.5) is 0 Å². The van der Waals surface area contributed by atoms with Gasteiger partial charge < -0.3 is 4.42 Å². The van der Waals surface area contributed by atoms with Crippen LogP contribution in [0.5, 0.6) is 0 Å². The Labute approximate surface area is 430 Å². The van der Waals surface area contributed by atoms with E-state index >= 15 is 0 Å². The number of fused-ring (bicyclic) bond motifs is 13. The zero-order valence-electron chi connectivity index (χ0n) is 41.8. The summed E-state index contributed by atoms with van der Waals surface area (Å²) in [4.78, 5) is 16.3. The number of hydrogen-bond donors (Lipinski definition) is 0. The lowest BCUT2D eigenvalue weighted by Crippen LogP contribution is -2.07. The Bertz CT molecular complexity index is 4270. The van der Waals surface area contributed by atoms with Crippen molar-refractivity contribution in [2.45, 2.75) is 27.7 Å². The molecule has 0 saturated heterocycles. The molecule has 0 aliphatic carbocycles. The highest BCUT2D eigenvalue weighted by atomic mass is 16.3. The summed E-state index contributed by atoms with van der Waals surface area (Å²) < 4.78 is 9.24. The smallest absolute Gasteiger partial charge is 0.238 e. The number of para-hydroxylation sites is 2. The average Bonchev–Trinajstić information content (AvgIpc) is 4.11. The molecular formula is C69H52N4O. The molecular weight excluding hydrogens is 901 g/mol. The van der Waals surface area contributed by atoms with Gasteiger partial charge in [0, 0.05) is 49.2 Å². The van der Waals surface area contributed by atoms with E-state index in [1.54, 1.807) is 0 Å². The largest absolute Gasteiger partial charge is 0.455 e. The van der Waals surface area contributed by atoms with E-state index in [9.17, 15) is 0 Å². The van der Waals surface area contributed by atoms with Gasteiger partial charge in [-0.3, -0.25) is 4.57 Å². The highest BCUT2D eigenvalue weighted by molar-refractivity contribution is 6.33. The van der Waals surface area contributed by atoms with Crippen LogP contribution in [0.25, 0.3) is 138 Å². The van der Waals surface area contributed by atoms with Crippen LogP contribution in [0.1, 0.15) is 27.7 Å². The molecule has 0 aliphatic heterocycles. The third-order valence-corrected chi connectivity index (χ3v) is 14.0. The van der Waals surface area contributed by atoms with E-state index in [1.807, 2.05) is 52.0 Å². The molecule has 0 radical (unpaired) electrons. The second-order valence-corrected chi connectivity index (χ2v) is 18.1. The highest BCUT2D eigenvalue weighted by Gasteiger charge is 2.26. The third-order valence-electron chi connectivity index (χ3n) is 14.0. The zero-order chi connectivity index (χ0) is 50.1. The lowest BCUT2D eigenvalue weighted by atomic mass is 9.95. The van der Waals surface area contributed by atoms with Gasteiger partial charge in [-0.25, -0.2) is 4.98 Å². The van der Waals surface area contributed by atoms with Crippen molar-refractivity contribution in [3.63, 3.8) is 0 Å². The van der Waals surface area contributed by atoms with Crippen LogP contribution in [0.2, 0.25) is 0 Å². The van der Waals surface area contributed by atoms with Crippen LogP contribution < -0.4 is 0 Å². The molecule has 0 N–H and O–H groups in total. The SMILES string of the molecule is C/C=C\C.CC.c1ccc(-c2ccc(-c3nc(-c4ccc(-c5ccccc5)cc4)nc(-n4c5c(-c6cccc7c6oc6ccc8ccccc8c67)cccc5c5c6ccccc6c6ccccc6c54)n3)cc2)cc1. The molecule has 0 spiro atoms. The second-order valence-electron chi connectivity index (χ2n) is 18.1. The molecule has 0 aliphatic rings. The molecule has 0 fully saturated rings. The summed E-state index contributed by atoms with van der Waals surface area (Å²) in [7, 11) is 0. The van der Waals surface area contributed by atoms with Crippen molar-refractivity contribution in [1.82, 2.24) is 19.5 Å². The zero-order valence-corrected chi connectivity index (χ0v) is 41.8. The summed E-state index contributed by atoms with van der Waals surface area (Å²) in [6, 6.07) is 81.4. The summed E-state index contributed by atoms with van der Waals surface area (Å²) in [6.45, 7) is 8.00. The monoisotopic (exact) mass is 952 g/mol. The maximum atomic E-state index is 6.94. The Hall–Kier alpha value is -9.45. The summed E-state index contributed by atoms with van der Waals surface area (Å²) in [5.41, 5.74) is 12.1. The topological polar surface area (TPSA) is 56.7 Å². The van der Waals surface area contributed by atoms with E-state index in [4.69, 9.17) is 19.4 Å². The lowest BCUT2D eigenvalue weighted by molar-refractivity contribution is 0.670. The van der Waals surface area contributed by atoms with E-state index in [-0.39, 0.29) is 0 Å². The van der Waals surface area contributed by atoms with Crippen molar-refractivity contribution < 1.29 is 4.42 Å². The van der Waals surface area contributed by atoms with E-state index in [0.717, 1.165) is 104 Å². The maximum absolute atomic E-state index is 6.94. The van der Waals surface area contributed by atoms with Gasteiger partial charge in [-0.05, 0) is 69.1 Å². The Morgan fingerprint density at radius 1 is 0.338 bits per heavy atom. The van der Waals surface area contributed by atoms with Crippen molar-refractivity contribution in [3.8, 4) is 62.1 Å². The van der Waals surface area contributed by atoms with Gasteiger partial charge in [0.1, 0.15) is 11.2 Å². The minimum absolute atomic E-state index is 0.528. The fourth-order valence-electron chi connectivity index (χ4n) is 10.5. The van der Waals surface area contributed by atoms with E-state index in [0.29, 0.717) is 17.6 Å². The molecule has 3 aromatic heterocycles. The van der Waals surface area contributed by atoms with E-state index in [2.05, 4.69) is 223 Å². The van der Waals surface area contributed by atoms with Crippen LogP contribution in [0.3, 0.4) is 0 Å². The first-order valence-corrected chi connectivity index (χ1v) is 25.5. The van der Waals surface area contributed by atoms with Gasteiger partial charge in [0.25, 0.3) is 0 Å². The predicted molar refractivity (Wildman–Crippen MR) is 313 cm³/mol. The molecule has 14 aromatic rings. The Kier molecular flexibility index (Phi) is 12.1. The van der Waals surface area contributed by atoms with Crippen molar-refractivity contribution >= 4 is 76.1 Å². The first kappa shape index (κ1) is 45.7. The number of aromatic nitrogens is 4. The van der Waals surface area contributed by atoms with Crippen molar-refractivity contribution in [2.24, 2.45) is 0 Å². The van der Waals surface area contributed by atoms with Gasteiger partial charge in [0.05, 0.1) is 11.0 Å². The quantitative estimate of drug-likeness (QED) is 0.123. The summed E-state index contributed by atoms with van der Waals surface area (Å²) in [5, 5.41) is 11.4. The Morgan fingerprint density at radius 2 is 0.797 bits per heavy atom. The van der Waals surface area contributed by atoms with Gasteiger partial charge in [0.2, 0.25) is 5.95 Å². The molecule has 0 bridgehead atoms. The Morgan fingerprint density at radius 3 is 1.39 bits per heavy atom. The molecule has 11 aromatic carbocycles. The summed E-state index contributed by atoms with van der Waals surface area (Å²) in [5.74, 6) is 1.70. The standard InChI is InChI=1S/C63H38N4O.C4H8.C2H6/c1-3-15-39(16-4-1)41-29-33-44(34-30-41)61-64-62(45-35-31-42(32-36-45)40-17-5-2-6-18-40)66-63(65-61)67-58-51(52-26-14-28-54-56-46-20-8-7-19-43(46)37-38-55(56)68-60(52)54)25-13-27-53(58)57-49-23-11-9-21-47(49)48-22-10-12-24-50(48)59(57)67;1-3-4-2;1-2/h1-38H;3-4H,1-2H3;1-2H3/b;4-3-;. The highest BCUT2D eigenvalue weighted by Crippen LogP contribution is 2.47. The average molecular weight is 953 g/mol. The van der Waals surface area contributed by atoms with Gasteiger partial charge >= 0.3 is 0 Å². The van der Waals surface area contributed by atoms with Crippen molar-refractivity contribution in [1.29, 1.82) is 0 Å². The number of rotatable bonds is 6. The number of allylic oxidation sites excluding steroid dienone is 2. The van der Waals surface area contributed by atoms with Crippen LogP contribution in [0, 0.1) is 0 Å². The van der Waals surface area contributed by atoms with E-state index in [1.165, 1.54) is 16.2 Å². The van der Waals surface area contributed by atoms with E-state index < -0.39 is 0 Å². The number of benzene rings is 11. The molecule has 0 atom stereocenters. The summed E-state index contributed by atoms with van der Waals surface area (Å²) >= 11 is 0. The van der Waals surface area contributed by atoms with Crippen LogP contribution >= 0.6 is 0 Å². The normalized spacial score (nSPS) is 11.5. The fourth-order valence-corrected chi connectivity index (χ4v) is 10.5. The number of nitrogens with zero attached hydrogens (tertiary/aromatic N) is 4. The predicted octanol–water partition coefficient (Wildman–Crippen LogP) is 19.3. The maximum Gasteiger partial charge on any atom is 0.238 e. The van der Waals surface area contributed by atoms with Crippen molar-refractivity contribution in [3.05, 3.63) is 243 Å². The van der Waals surface area contributed by atoms with Crippen LogP contribution in [-0.2, 0) is 0 Å². The summed E-state index contributed by atoms with van der Waals surface area (Å²) in [6.07, 6.45) is 4.00.